The third-order valence-corrected chi connectivity index (χ3v) is 8.40. The van der Waals surface area contributed by atoms with E-state index in [2.05, 4.69) is 25.3 Å². The molecule has 4 heterocycles. The van der Waals surface area contributed by atoms with Crippen molar-refractivity contribution >= 4 is 11.6 Å². The van der Waals surface area contributed by atoms with Gasteiger partial charge in [-0.25, -0.2) is 9.97 Å². The summed E-state index contributed by atoms with van der Waals surface area (Å²) in [5.74, 6) is -0.0697. The highest BCUT2D eigenvalue weighted by molar-refractivity contribution is 6.05. The van der Waals surface area contributed by atoms with Gasteiger partial charge in [0.05, 0.1) is 22.6 Å². The molecule has 3 aromatic heterocycles. The van der Waals surface area contributed by atoms with E-state index in [1.807, 2.05) is 39.3 Å². The standard InChI is InChI=1S/C35H34F3N7O/c1-22-6-7-24(34(46)42-32-9-8-23(17-29(32)35(36,37)38)25-5-4-13-44(2)21-25)15-26(22)18-33-40-12-10-30(41-33)27-16-28(20-39-19-27)31-11-14-45(3)43-31/h6-12,14-17,19-20,25H,4-5,13,18,21H2,1-3H3,(H,42,46). The summed E-state index contributed by atoms with van der Waals surface area (Å²) in [5.41, 5.74) is 4.62. The van der Waals surface area contributed by atoms with Crippen LogP contribution >= 0.6 is 0 Å². The van der Waals surface area contributed by atoms with Crippen LogP contribution in [0.2, 0.25) is 0 Å². The second kappa shape index (κ2) is 12.8. The molecule has 1 amide bonds. The first kappa shape index (κ1) is 31.1. The van der Waals surface area contributed by atoms with Crippen molar-refractivity contribution in [3.8, 4) is 22.5 Å². The maximum Gasteiger partial charge on any atom is 0.418 e. The lowest BCUT2D eigenvalue weighted by Gasteiger charge is -2.30. The molecule has 0 radical (unpaired) electrons. The summed E-state index contributed by atoms with van der Waals surface area (Å²) in [4.78, 5) is 29.0. The zero-order valence-electron chi connectivity index (χ0n) is 25.8. The third-order valence-electron chi connectivity index (χ3n) is 8.40. The molecule has 1 unspecified atom stereocenters. The quantitative estimate of drug-likeness (QED) is 0.211. The number of likely N-dealkylation sites (N-methyl/N-ethyl adjacent to an activating group) is 1. The van der Waals surface area contributed by atoms with E-state index in [1.165, 1.54) is 12.1 Å². The molecule has 1 fully saturated rings. The highest BCUT2D eigenvalue weighted by Crippen LogP contribution is 2.38. The Bertz CT molecular complexity index is 1880. The van der Waals surface area contributed by atoms with Crippen molar-refractivity contribution in [2.45, 2.75) is 38.3 Å². The second-order valence-corrected chi connectivity index (χ2v) is 11.9. The van der Waals surface area contributed by atoms with Crippen molar-refractivity contribution in [1.29, 1.82) is 0 Å². The molecule has 1 aliphatic heterocycles. The smallest absolute Gasteiger partial charge is 0.321 e. The molecule has 0 saturated carbocycles. The van der Waals surface area contributed by atoms with Crippen LogP contribution in [0.1, 0.15) is 57.2 Å². The number of alkyl halides is 3. The van der Waals surface area contributed by atoms with Crippen molar-refractivity contribution in [3.05, 3.63) is 113 Å². The number of halogens is 3. The van der Waals surface area contributed by atoms with Crippen LogP contribution < -0.4 is 5.32 Å². The first-order valence-corrected chi connectivity index (χ1v) is 15.1. The average molecular weight is 626 g/mol. The molecule has 1 aliphatic rings. The number of benzene rings is 2. The fraction of sp³-hybridized carbons (Fsp3) is 0.286. The van der Waals surface area contributed by atoms with E-state index in [0.29, 0.717) is 30.0 Å². The lowest BCUT2D eigenvalue weighted by molar-refractivity contribution is -0.137. The average Bonchev–Trinajstić information content (AvgIpc) is 3.48. The number of carbonyl (C=O) groups is 1. The van der Waals surface area contributed by atoms with Crippen LogP contribution in [0.5, 0.6) is 0 Å². The van der Waals surface area contributed by atoms with E-state index in [-0.39, 0.29) is 17.2 Å². The Labute approximate surface area is 265 Å². The number of hydrogen-bond donors (Lipinski definition) is 1. The number of aromatic nitrogens is 5. The number of rotatable bonds is 7. The van der Waals surface area contributed by atoms with Gasteiger partial charge >= 0.3 is 6.18 Å². The highest BCUT2D eigenvalue weighted by Gasteiger charge is 2.35. The molecule has 46 heavy (non-hydrogen) atoms. The predicted molar refractivity (Wildman–Crippen MR) is 170 cm³/mol. The molecule has 5 aromatic rings. The van der Waals surface area contributed by atoms with Gasteiger partial charge in [-0.3, -0.25) is 14.5 Å². The monoisotopic (exact) mass is 625 g/mol. The number of amides is 1. The number of pyridine rings is 1. The van der Waals surface area contributed by atoms with Crippen LogP contribution in [0.3, 0.4) is 0 Å². The summed E-state index contributed by atoms with van der Waals surface area (Å²) in [6.45, 7) is 3.55. The summed E-state index contributed by atoms with van der Waals surface area (Å²) < 4.78 is 44.2. The Morgan fingerprint density at radius 1 is 1.00 bits per heavy atom. The number of piperidine rings is 1. The highest BCUT2D eigenvalue weighted by atomic mass is 19.4. The van der Waals surface area contributed by atoms with E-state index in [0.717, 1.165) is 47.3 Å². The first-order valence-electron chi connectivity index (χ1n) is 15.1. The zero-order chi connectivity index (χ0) is 32.4. The van der Waals surface area contributed by atoms with E-state index in [4.69, 9.17) is 4.98 Å². The number of aryl methyl sites for hydroxylation is 2. The maximum absolute atomic E-state index is 14.2. The largest absolute Gasteiger partial charge is 0.418 e. The zero-order valence-corrected chi connectivity index (χ0v) is 25.8. The number of likely N-dealkylation sites (tertiary alicyclic amines) is 1. The van der Waals surface area contributed by atoms with Crippen molar-refractivity contribution in [3.63, 3.8) is 0 Å². The molecule has 6 rings (SSSR count). The molecule has 0 aliphatic carbocycles. The summed E-state index contributed by atoms with van der Waals surface area (Å²) >= 11 is 0. The van der Waals surface area contributed by atoms with Crippen LogP contribution in [-0.4, -0.2) is 55.7 Å². The molecule has 1 atom stereocenters. The SMILES string of the molecule is Cc1ccc(C(=O)Nc2ccc(C3CCCN(C)C3)cc2C(F)(F)F)cc1Cc1nccc(-c2cncc(-c3ccn(C)n3)c2)n1. The number of nitrogens with one attached hydrogen (secondary N) is 1. The minimum atomic E-state index is -4.62. The molecule has 1 N–H and O–H groups in total. The second-order valence-electron chi connectivity index (χ2n) is 11.9. The van der Waals surface area contributed by atoms with E-state index < -0.39 is 17.6 Å². The molecular formula is C35H34F3N7O. The van der Waals surface area contributed by atoms with Gasteiger partial charge in [-0.15, -0.1) is 0 Å². The Balaban J connectivity index is 1.22. The van der Waals surface area contributed by atoms with Crippen molar-refractivity contribution in [1.82, 2.24) is 29.6 Å². The Kier molecular flexibility index (Phi) is 8.68. The maximum atomic E-state index is 14.2. The lowest BCUT2D eigenvalue weighted by Crippen LogP contribution is -2.31. The van der Waals surface area contributed by atoms with Gasteiger partial charge in [-0.2, -0.15) is 18.3 Å². The van der Waals surface area contributed by atoms with Crippen molar-refractivity contribution < 1.29 is 18.0 Å². The first-order chi connectivity index (χ1) is 22.0. The minimum absolute atomic E-state index is 0.0195. The number of nitrogens with zero attached hydrogens (tertiary/aromatic N) is 6. The molecule has 236 valence electrons. The van der Waals surface area contributed by atoms with Crippen LogP contribution in [0.25, 0.3) is 22.5 Å². The van der Waals surface area contributed by atoms with Gasteiger partial charge in [0, 0.05) is 61.5 Å². The van der Waals surface area contributed by atoms with Gasteiger partial charge < -0.3 is 10.2 Å². The van der Waals surface area contributed by atoms with Crippen LogP contribution in [0, 0.1) is 6.92 Å². The van der Waals surface area contributed by atoms with Gasteiger partial charge in [-0.05, 0) is 98.4 Å². The molecule has 11 heteroatoms. The molecular weight excluding hydrogens is 591 g/mol. The van der Waals surface area contributed by atoms with Crippen molar-refractivity contribution in [2.75, 3.05) is 25.5 Å². The number of hydrogen-bond acceptors (Lipinski definition) is 6. The summed E-state index contributed by atoms with van der Waals surface area (Å²) in [6.07, 6.45) is 4.48. The van der Waals surface area contributed by atoms with Gasteiger partial charge in [-0.1, -0.05) is 12.1 Å². The molecule has 8 nitrogen and oxygen atoms in total. The predicted octanol–water partition coefficient (Wildman–Crippen LogP) is 6.92. The Morgan fingerprint density at radius 2 is 1.80 bits per heavy atom. The lowest BCUT2D eigenvalue weighted by atomic mass is 9.89. The van der Waals surface area contributed by atoms with Gasteiger partial charge in [0.2, 0.25) is 0 Å². The summed E-state index contributed by atoms with van der Waals surface area (Å²) in [6, 6.07) is 15.0. The fourth-order valence-corrected chi connectivity index (χ4v) is 5.90. The van der Waals surface area contributed by atoms with Gasteiger partial charge in [0.15, 0.2) is 0 Å². The molecule has 0 bridgehead atoms. The van der Waals surface area contributed by atoms with Crippen LogP contribution in [0.4, 0.5) is 18.9 Å². The van der Waals surface area contributed by atoms with Crippen LogP contribution in [0.15, 0.2) is 79.4 Å². The van der Waals surface area contributed by atoms with Gasteiger partial charge in [0.25, 0.3) is 5.91 Å². The topological polar surface area (TPSA) is 88.8 Å². The van der Waals surface area contributed by atoms with Crippen molar-refractivity contribution in [2.24, 2.45) is 7.05 Å². The van der Waals surface area contributed by atoms with E-state index >= 15 is 0 Å². The molecule has 0 spiro atoms. The normalized spacial score (nSPS) is 15.6. The minimum Gasteiger partial charge on any atom is -0.321 e. The van der Waals surface area contributed by atoms with Crippen LogP contribution in [-0.2, 0) is 19.6 Å². The van der Waals surface area contributed by atoms with E-state index in [1.54, 1.807) is 53.6 Å². The van der Waals surface area contributed by atoms with Gasteiger partial charge in [0.1, 0.15) is 5.82 Å². The molecule has 1 saturated heterocycles. The third kappa shape index (κ3) is 6.99. The number of carbonyl (C=O) groups excluding carboxylic acids is 1. The Hall–Kier alpha value is -4.90. The Morgan fingerprint density at radius 3 is 2.54 bits per heavy atom. The summed E-state index contributed by atoms with van der Waals surface area (Å²) in [5, 5.41) is 6.96. The van der Waals surface area contributed by atoms with E-state index in [9.17, 15) is 18.0 Å². The number of anilines is 1. The fourth-order valence-electron chi connectivity index (χ4n) is 5.90. The summed E-state index contributed by atoms with van der Waals surface area (Å²) in [7, 11) is 3.83. The molecule has 2 aromatic carbocycles.